The van der Waals surface area contributed by atoms with Crippen molar-refractivity contribution in [1.82, 2.24) is 24.7 Å². The van der Waals surface area contributed by atoms with Crippen LogP contribution in [0.1, 0.15) is 56.6 Å². The first kappa shape index (κ1) is 13.0. The first-order valence-electron chi connectivity index (χ1n) is 7.16. The lowest BCUT2D eigenvalue weighted by atomic mass is 10.2. The monoisotopic (exact) mass is 272 g/mol. The van der Waals surface area contributed by atoms with Gasteiger partial charge in [-0.1, -0.05) is 13.8 Å². The molecule has 20 heavy (non-hydrogen) atoms. The Hall–Kier alpha value is -1.98. The number of rotatable bonds is 4. The van der Waals surface area contributed by atoms with Crippen molar-refractivity contribution in [3.63, 3.8) is 0 Å². The molecule has 0 amide bonds. The third kappa shape index (κ3) is 2.37. The molecule has 0 fully saturated rings. The van der Waals surface area contributed by atoms with Crippen LogP contribution in [0.4, 0.5) is 5.82 Å². The van der Waals surface area contributed by atoms with E-state index in [4.69, 9.17) is 0 Å². The van der Waals surface area contributed by atoms with Gasteiger partial charge in [0.2, 0.25) is 0 Å². The highest BCUT2D eigenvalue weighted by atomic mass is 15.3. The minimum Gasteiger partial charge on any atom is -0.360 e. The van der Waals surface area contributed by atoms with Gasteiger partial charge in [-0.2, -0.15) is 0 Å². The van der Waals surface area contributed by atoms with Crippen molar-refractivity contribution in [2.75, 3.05) is 5.32 Å². The predicted octanol–water partition coefficient (Wildman–Crippen LogP) is 2.31. The molecule has 0 saturated heterocycles. The summed E-state index contributed by atoms with van der Waals surface area (Å²) in [7, 11) is 0. The van der Waals surface area contributed by atoms with Crippen LogP contribution >= 0.6 is 0 Å². The summed E-state index contributed by atoms with van der Waals surface area (Å²) in [4.78, 5) is 8.82. The van der Waals surface area contributed by atoms with E-state index in [1.807, 2.05) is 6.07 Å². The molecule has 0 saturated carbocycles. The van der Waals surface area contributed by atoms with Gasteiger partial charge in [0.25, 0.3) is 0 Å². The Labute approximate surface area is 118 Å². The molecule has 0 radical (unpaired) electrons. The van der Waals surface area contributed by atoms with Gasteiger partial charge in [-0.05, 0) is 19.4 Å². The van der Waals surface area contributed by atoms with Crippen molar-refractivity contribution < 1.29 is 0 Å². The minimum absolute atomic E-state index is 0.0873. The summed E-state index contributed by atoms with van der Waals surface area (Å²) >= 11 is 0. The van der Waals surface area contributed by atoms with Crippen molar-refractivity contribution in [3.8, 4) is 0 Å². The predicted molar refractivity (Wildman–Crippen MR) is 76.5 cm³/mol. The van der Waals surface area contributed by atoms with Crippen LogP contribution in [0.25, 0.3) is 0 Å². The fraction of sp³-hybridized carbons (Fsp3) is 0.571. The van der Waals surface area contributed by atoms with Crippen LogP contribution in [0.5, 0.6) is 0 Å². The zero-order valence-corrected chi connectivity index (χ0v) is 12.2. The van der Waals surface area contributed by atoms with Crippen LogP contribution in [0.15, 0.2) is 12.3 Å². The minimum atomic E-state index is 0.0873. The van der Waals surface area contributed by atoms with Gasteiger partial charge in [0.1, 0.15) is 17.5 Å². The van der Waals surface area contributed by atoms with Crippen molar-refractivity contribution >= 4 is 5.82 Å². The summed E-state index contributed by atoms with van der Waals surface area (Å²) in [5, 5.41) is 11.9. The molecule has 6 nitrogen and oxygen atoms in total. The number of fused-ring (bicyclic) bond motifs is 1. The largest absolute Gasteiger partial charge is 0.360 e. The quantitative estimate of drug-likeness (QED) is 0.925. The average Bonchev–Trinajstić information content (AvgIpc) is 3.00. The van der Waals surface area contributed by atoms with Crippen LogP contribution < -0.4 is 5.32 Å². The van der Waals surface area contributed by atoms with Crippen LogP contribution in [-0.4, -0.2) is 24.7 Å². The van der Waals surface area contributed by atoms with Crippen LogP contribution in [0.3, 0.4) is 0 Å². The number of nitrogens with one attached hydrogen (secondary N) is 1. The molecular weight excluding hydrogens is 252 g/mol. The number of nitrogens with zero attached hydrogens (tertiary/aromatic N) is 5. The molecule has 6 heteroatoms. The van der Waals surface area contributed by atoms with Crippen molar-refractivity contribution in [1.29, 1.82) is 0 Å². The van der Waals surface area contributed by atoms with E-state index in [0.29, 0.717) is 5.92 Å². The average molecular weight is 272 g/mol. The van der Waals surface area contributed by atoms with E-state index in [9.17, 15) is 0 Å². The molecule has 3 rings (SSSR count). The highest BCUT2D eigenvalue weighted by Crippen LogP contribution is 2.22. The van der Waals surface area contributed by atoms with Crippen molar-refractivity contribution in [3.05, 3.63) is 29.7 Å². The topological polar surface area (TPSA) is 68.5 Å². The Bertz CT molecular complexity index is 603. The lowest BCUT2D eigenvalue weighted by molar-refractivity contribution is 0.650. The zero-order valence-electron chi connectivity index (χ0n) is 12.2. The Morgan fingerprint density at radius 2 is 2.10 bits per heavy atom. The number of aryl methyl sites for hydroxylation is 1. The van der Waals surface area contributed by atoms with E-state index >= 15 is 0 Å². The van der Waals surface area contributed by atoms with Gasteiger partial charge in [0.15, 0.2) is 5.82 Å². The normalized spacial score (nSPS) is 15.4. The van der Waals surface area contributed by atoms with E-state index < -0.39 is 0 Å². The van der Waals surface area contributed by atoms with Gasteiger partial charge in [0, 0.05) is 25.1 Å². The standard InChI is InChI=1S/C14H20N6/c1-9(2)13-15-7-6-11(17-13)16-10(3)14-19-18-12-5-4-8-20(12)14/h6-7,9-10H,4-5,8H2,1-3H3,(H,15,16,17)/t10-/m0/s1. The third-order valence-corrected chi connectivity index (χ3v) is 3.58. The molecule has 0 aromatic carbocycles. The second kappa shape index (κ2) is 5.19. The molecule has 1 N–H and O–H groups in total. The molecule has 0 unspecified atom stereocenters. The van der Waals surface area contributed by atoms with Gasteiger partial charge >= 0.3 is 0 Å². The fourth-order valence-corrected chi connectivity index (χ4v) is 2.51. The summed E-state index contributed by atoms with van der Waals surface area (Å²) < 4.78 is 2.21. The van der Waals surface area contributed by atoms with Gasteiger partial charge in [-0.15, -0.1) is 10.2 Å². The van der Waals surface area contributed by atoms with E-state index in [2.05, 4.69) is 50.8 Å². The fourth-order valence-electron chi connectivity index (χ4n) is 2.51. The van der Waals surface area contributed by atoms with Crippen LogP contribution in [0, 0.1) is 0 Å². The van der Waals surface area contributed by atoms with E-state index in [1.54, 1.807) is 6.20 Å². The molecule has 106 valence electrons. The number of hydrogen-bond acceptors (Lipinski definition) is 5. The zero-order chi connectivity index (χ0) is 14.1. The molecule has 3 heterocycles. The molecule has 1 atom stereocenters. The number of anilines is 1. The molecule has 0 aliphatic carbocycles. The maximum Gasteiger partial charge on any atom is 0.155 e. The first-order valence-corrected chi connectivity index (χ1v) is 7.16. The van der Waals surface area contributed by atoms with Crippen LogP contribution in [0.2, 0.25) is 0 Å². The molecule has 0 spiro atoms. The summed E-state index contributed by atoms with van der Waals surface area (Å²) in [6, 6.07) is 1.98. The van der Waals surface area contributed by atoms with Crippen LogP contribution in [-0.2, 0) is 13.0 Å². The maximum absolute atomic E-state index is 4.54. The first-order chi connectivity index (χ1) is 9.65. The molecule has 2 aromatic heterocycles. The molecule has 2 aromatic rings. The SMILES string of the molecule is CC(C)c1nccc(N[C@@H](C)c2nnc3n2CCC3)n1. The lowest BCUT2D eigenvalue weighted by Crippen LogP contribution is -2.14. The lowest BCUT2D eigenvalue weighted by Gasteiger charge is -2.15. The van der Waals surface area contributed by atoms with Crippen molar-refractivity contribution in [2.45, 2.75) is 52.1 Å². The highest BCUT2D eigenvalue weighted by molar-refractivity contribution is 5.35. The number of aromatic nitrogens is 5. The van der Waals surface area contributed by atoms with Gasteiger partial charge in [0.05, 0.1) is 6.04 Å². The van der Waals surface area contributed by atoms with Gasteiger partial charge in [-0.25, -0.2) is 9.97 Å². The summed E-state index contributed by atoms with van der Waals surface area (Å²) in [5.41, 5.74) is 0. The molecule has 1 aliphatic rings. The Kier molecular flexibility index (Phi) is 3.38. The second-order valence-corrected chi connectivity index (χ2v) is 5.55. The highest BCUT2D eigenvalue weighted by Gasteiger charge is 2.21. The smallest absolute Gasteiger partial charge is 0.155 e. The summed E-state index contributed by atoms with van der Waals surface area (Å²) in [6.07, 6.45) is 3.99. The molecule has 0 bridgehead atoms. The Balaban J connectivity index is 1.78. The summed E-state index contributed by atoms with van der Waals surface area (Å²) in [5.74, 6) is 4.10. The van der Waals surface area contributed by atoms with Gasteiger partial charge in [-0.3, -0.25) is 0 Å². The molecule has 1 aliphatic heterocycles. The van der Waals surface area contributed by atoms with E-state index in [-0.39, 0.29) is 6.04 Å². The maximum atomic E-state index is 4.54. The second-order valence-electron chi connectivity index (χ2n) is 5.55. The van der Waals surface area contributed by atoms with Gasteiger partial charge < -0.3 is 9.88 Å². The Morgan fingerprint density at radius 3 is 2.90 bits per heavy atom. The third-order valence-electron chi connectivity index (χ3n) is 3.58. The van der Waals surface area contributed by atoms with Crippen molar-refractivity contribution in [2.24, 2.45) is 0 Å². The number of hydrogen-bond donors (Lipinski definition) is 1. The Morgan fingerprint density at radius 1 is 1.25 bits per heavy atom. The van der Waals surface area contributed by atoms with E-state index in [1.165, 1.54) is 0 Å². The summed E-state index contributed by atoms with van der Waals surface area (Å²) in [6.45, 7) is 7.29. The van der Waals surface area contributed by atoms with E-state index in [0.717, 1.165) is 42.7 Å². The molecular formula is C14H20N6.